The minimum atomic E-state index is -0.311. The van der Waals surface area contributed by atoms with E-state index in [1.165, 1.54) is 10.5 Å². The molecule has 0 unspecified atom stereocenters. The normalized spacial score (nSPS) is 14.6. The zero-order chi connectivity index (χ0) is 24.0. The van der Waals surface area contributed by atoms with Crippen LogP contribution in [0.1, 0.15) is 44.0 Å². The van der Waals surface area contributed by atoms with E-state index in [0.717, 1.165) is 28.2 Å². The molecule has 2 amide bonds. The molecular formula is C30H26N2O2. The van der Waals surface area contributed by atoms with Crippen molar-refractivity contribution in [1.29, 1.82) is 0 Å². The highest BCUT2D eigenvalue weighted by atomic mass is 16.2. The molecule has 0 saturated carbocycles. The third-order valence-electron chi connectivity index (χ3n) is 6.37. The molecule has 4 aromatic rings. The van der Waals surface area contributed by atoms with E-state index in [-0.39, 0.29) is 11.8 Å². The van der Waals surface area contributed by atoms with Crippen molar-refractivity contribution in [3.8, 4) is 5.69 Å². The molecule has 4 heteroatoms. The standard InChI is InChI=1S/C30H26N2O2/c1-19-9-7-11-24(15-19)31-21(3)17-23(22(31)4)18-28-26-13-5-6-14-27(26)29(33)32(30(28)34)25-12-8-10-20(2)16-25/h5-18H,1-4H3/b28-18-. The van der Waals surface area contributed by atoms with Crippen molar-refractivity contribution < 1.29 is 9.59 Å². The van der Waals surface area contributed by atoms with Crippen LogP contribution in [0.2, 0.25) is 0 Å². The molecule has 0 spiro atoms. The van der Waals surface area contributed by atoms with Gasteiger partial charge in [-0.15, -0.1) is 0 Å². The number of anilines is 1. The molecule has 34 heavy (non-hydrogen) atoms. The summed E-state index contributed by atoms with van der Waals surface area (Å²) in [7, 11) is 0. The van der Waals surface area contributed by atoms with Crippen molar-refractivity contribution >= 4 is 29.2 Å². The first-order valence-electron chi connectivity index (χ1n) is 11.4. The molecule has 0 fully saturated rings. The summed E-state index contributed by atoms with van der Waals surface area (Å²) >= 11 is 0. The van der Waals surface area contributed by atoms with Gasteiger partial charge in [-0.1, -0.05) is 42.5 Å². The lowest BCUT2D eigenvalue weighted by atomic mass is 9.91. The highest BCUT2D eigenvalue weighted by molar-refractivity contribution is 6.43. The molecule has 0 radical (unpaired) electrons. The third-order valence-corrected chi connectivity index (χ3v) is 6.37. The van der Waals surface area contributed by atoms with Crippen LogP contribution in [0.5, 0.6) is 0 Å². The van der Waals surface area contributed by atoms with Crippen LogP contribution in [0.25, 0.3) is 17.3 Å². The second kappa shape index (κ2) is 8.31. The van der Waals surface area contributed by atoms with E-state index in [9.17, 15) is 9.59 Å². The van der Waals surface area contributed by atoms with Crippen molar-refractivity contribution in [2.24, 2.45) is 0 Å². The number of fused-ring (bicyclic) bond motifs is 1. The van der Waals surface area contributed by atoms with Gasteiger partial charge in [0.15, 0.2) is 0 Å². The first-order chi connectivity index (χ1) is 16.3. The first-order valence-corrected chi connectivity index (χ1v) is 11.4. The summed E-state index contributed by atoms with van der Waals surface area (Å²) in [5.74, 6) is -0.608. The Morgan fingerprint density at radius 2 is 1.26 bits per heavy atom. The molecule has 1 aliphatic heterocycles. The van der Waals surface area contributed by atoms with Crippen LogP contribution in [-0.4, -0.2) is 16.4 Å². The number of amides is 2. The molecule has 1 aromatic heterocycles. The third kappa shape index (κ3) is 3.57. The summed E-state index contributed by atoms with van der Waals surface area (Å²) in [5, 5.41) is 0. The number of rotatable bonds is 3. The van der Waals surface area contributed by atoms with Gasteiger partial charge >= 0.3 is 0 Å². The predicted molar refractivity (Wildman–Crippen MR) is 137 cm³/mol. The number of hydrogen-bond acceptors (Lipinski definition) is 2. The van der Waals surface area contributed by atoms with Crippen molar-refractivity contribution in [2.75, 3.05) is 4.90 Å². The molecule has 3 aromatic carbocycles. The molecular weight excluding hydrogens is 420 g/mol. The Morgan fingerprint density at radius 3 is 1.94 bits per heavy atom. The van der Waals surface area contributed by atoms with Gasteiger partial charge in [0.25, 0.3) is 11.8 Å². The maximum absolute atomic E-state index is 13.8. The second-order valence-corrected chi connectivity index (χ2v) is 8.89. The van der Waals surface area contributed by atoms with Gasteiger partial charge < -0.3 is 4.57 Å². The van der Waals surface area contributed by atoms with Crippen LogP contribution in [0, 0.1) is 27.7 Å². The van der Waals surface area contributed by atoms with Crippen molar-refractivity contribution in [3.05, 3.63) is 118 Å². The number of benzene rings is 3. The number of hydrogen-bond donors (Lipinski definition) is 0. The number of aryl methyl sites for hydroxylation is 3. The highest BCUT2D eigenvalue weighted by Gasteiger charge is 2.36. The lowest BCUT2D eigenvalue weighted by Gasteiger charge is -2.29. The molecule has 0 N–H and O–H groups in total. The number of aromatic nitrogens is 1. The average Bonchev–Trinajstić information content (AvgIpc) is 3.09. The van der Waals surface area contributed by atoms with Crippen LogP contribution in [0.3, 0.4) is 0 Å². The maximum Gasteiger partial charge on any atom is 0.265 e. The molecule has 0 saturated heterocycles. The van der Waals surface area contributed by atoms with Gasteiger partial charge in [-0.2, -0.15) is 0 Å². The van der Waals surface area contributed by atoms with Crippen molar-refractivity contribution in [3.63, 3.8) is 0 Å². The number of carbonyl (C=O) groups excluding carboxylic acids is 2. The fourth-order valence-electron chi connectivity index (χ4n) is 4.75. The largest absolute Gasteiger partial charge is 0.318 e. The topological polar surface area (TPSA) is 42.3 Å². The van der Waals surface area contributed by atoms with Crippen molar-refractivity contribution in [2.45, 2.75) is 27.7 Å². The minimum absolute atomic E-state index is 0.298. The van der Waals surface area contributed by atoms with Gasteiger partial charge in [0.2, 0.25) is 0 Å². The van der Waals surface area contributed by atoms with Gasteiger partial charge in [-0.05, 0) is 92.4 Å². The van der Waals surface area contributed by atoms with Crippen LogP contribution >= 0.6 is 0 Å². The van der Waals surface area contributed by atoms with Gasteiger partial charge in [-0.3, -0.25) is 9.59 Å². The monoisotopic (exact) mass is 446 g/mol. The van der Waals surface area contributed by atoms with E-state index in [1.54, 1.807) is 12.1 Å². The molecule has 5 rings (SSSR count). The molecule has 2 heterocycles. The second-order valence-electron chi connectivity index (χ2n) is 8.89. The Balaban J connectivity index is 1.68. The summed E-state index contributed by atoms with van der Waals surface area (Å²) in [5.41, 5.74) is 8.64. The highest BCUT2D eigenvalue weighted by Crippen LogP contribution is 2.35. The number of carbonyl (C=O) groups is 2. The summed E-state index contributed by atoms with van der Waals surface area (Å²) in [6.45, 7) is 8.16. The van der Waals surface area contributed by atoms with E-state index >= 15 is 0 Å². The zero-order valence-electron chi connectivity index (χ0n) is 19.8. The summed E-state index contributed by atoms with van der Waals surface area (Å²) < 4.78 is 2.20. The quantitative estimate of drug-likeness (QED) is 0.268. The molecule has 168 valence electrons. The summed E-state index contributed by atoms with van der Waals surface area (Å²) in [6.07, 6.45) is 1.92. The van der Waals surface area contributed by atoms with E-state index in [0.29, 0.717) is 22.4 Å². The molecule has 0 atom stereocenters. The lowest BCUT2D eigenvalue weighted by molar-refractivity contribution is -0.112. The molecule has 1 aliphatic rings. The van der Waals surface area contributed by atoms with E-state index in [1.807, 2.05) is 55.5 Å². The van der Waals surface area contributed by atoms with Gasteiger partial charge in [0.1, 0.15) is 0 Å². The number of imide groups is 1. The molecule has 0 aliphatic carbocycles. The zero-order valence-corrected chi connectivity index (χ0v) is 19.8. The van der Waals surface area contributed by atoms with E-state index < -0.39 is 0 Å². The van der Waals surface area contributed by atoms with Crippen LogP contribution < -0.4 is 4.90 Å². The van der Waals surface area contributed by atoms with Crippen LogP contribution in [0.15, 0.2) is 78.9 Å². The van der Waals surface area contributed by atoms with E-state index in [2.05, 4.69) is 49.6 Å². The van der Waals surface area contributed by atoms with Gasteiger partial charge in [0, 0.05) is 28.2 Å². The van der Waals surface area contributed by atoms with E-state index in [4.69, 9.17) is 0 Å². The Morgan fingerprint density at radius 1 is 0.647 bits per heavy atom. The van der Waals surface area contributed by atoms with Gasteiger partial charge in [0.05, 0.1) is 5.69 Å². The van der Waals surface area contributed by atoms with Crippen molar-refractivity contribution in [1.82, 2.24) is 4.57 Å². The van der Waals surface area contributed by atoms with Crippen LogP contribution in [0.4, 0.5) is 5.69 Å². The summed E-state index contributed by atoms with van der Waals surface area (Å²) in [6, 6.07) is 25.3. The van der Waals surface area contributed by atoms with Gasteiger partial charge in [-0.25, -0.2) is 4.90 Å². The predicted octanol–water partition coefficient (Wildman–Crippen LogP) is 6.44. The first kappa shape index (κ1) is 21.7. The number of nitrogens with zero attached hydrogens (tertiary/aromatic N) is 2. The summed E-state index contributed by atoms with van der Waals surface area (Å²) in [4.78, 5) is 28.4. The Bertz CT molecular complexity index is 1490. The average molecular weight is 447 g/mol. The van der Waals surface area contributed by atoms with Crippen LogP contribution in [-0.2, 0) is 4.79 Å². The molecule has 4 nitrogen and oxygen atoms in total. The maximum atomic E-state index is 13.8. The Hall–Kier alpha value is -4.18. The fraction of sp³-hybridized carbons (Fsp3) is 0.133. The SMILES string of the molecule is Cc1cccc(N2C(=O)/C(=C\c3cc(C)n(-c4cccc(C)c4)c3C)c3ccccc3C2=O)c1. The molecule has 0 bridgehead atoms. The lowest BCUT2D eigenvalue weighted by Crippen LogP contribution is -2.41. The Kier molecular flexibility index (Phi) is 5.29. The smallest absolute Gasteiger partial charge is 0.265 e. The fourth-order valence-corrected chi connectivity index (χ4v) is 4.75. The minimum Gasteiger partial charge on any atom is -0.318 e. The Labute approximate surface area is 199 Å².